The Balaban J connectivity index is 0.00000280. The molecule has 0 aromatic heterocycles. The molecule has 0 atom stereocenters. The third-order valence-electron chi connectivity index (χ3n) is 5.67. The highest BCUT2D eigenvalue weighted by Crippen LogP contribution is 2.19. The minimum absolute atomic E-state index is 0. The van der Waals surface area contributed by atoms with E-state index in [0.717, 1.165) is 45.3 Å². The van der Waals surface area contributed by atoms with E-state index in [9.17, 15) is 14.0 Å². The van der Waals surface area contributed by atoms with Gasteiger partial charge in [0.15, 0.2) is 0 Å². The van der Waals surface area contributed by atoms with Crippen LogP contribution in [0.4, 0.5) is 4.39 Å². The second-order valence-corrected chi connectivity index (χ2v) is 7.65. The van der Waals surface area contributed by atoms with Crippen LogP contribution in [-0.4, -0.2) is 60.9 Å². The van der Waals surface area contributed by atoms with Gasteiger partial charge in [0.1, 0.15) is 5.82 Å². The fraction of sp³-hybridized carbons (Fsp3) is 0.619. The predicted molar refractivity (Wildman–Crippen MR) is 110 cm³/mol. The second-order valence-electron chi connectivity index (χ2n) is 7.65. The van der Waals surface area contributed by atoms with Crippen molar-refractivity contribution in [3.8, 4) is 0 Å². The van der Waals surface area contributed by atoms with Gasteiger partial charge >= 0.3 is 0 Å². The zero-order chi connectivity index (χ0) is 19.1. The van der Waals surface area contributed by atoms with E-state index in [1.807, 2.05) is 9.80 Å². The summed E-state index contributed by atoms with van der Waals surface area (Å²) in [7, 11) is 0. The molecule has 7 heteroatoms. The first-order valence-corrected chi connectivity index (χ1v) is 10.1. The lowest BCUT2D eigenvalue weighted by atomic mass is 9.93. The first-order chi connectivity index (χ1) is 13.1. The molecule has 2 heterocycles. The fourth-order valence-electron chi connectivity index (χ4n) is 4.01. The van der Waals surface area contributed by atoms with E-state index in [1.165, 1.54) is 12.1 Å². The standard InChI is InChI=1S/C21H30FN3O2.ClH/c22-19-4-1-3-18(15-19)16-21(27)25-12-2-11-24(13-14-25)20(26)6-5-17-7-9-23-10-8-17;/h1,3-4,15,17,23H,2,5-14,16H2;1H. The Bertz CT molecular complexity index is 652. The molecule has 2 aliphatic heterocycles. The van der Waals surface area contributed by atoms with Crippen molar-refractivity contribution in [2.45, 2.75) is 38.5 Å². The van der Waals surface area contributed by atoms with E-state index in [0.29, 0.717) is 37.5 Å². The van der Waals surface area contributed by atoms with Crippen molar-refractivity contribution in [2.75, 3.05) is 39.3 Å². The largest absolute Gasteiger partial charge is 0.341 e. The molecule has 3 rings (SSSR count). The topological polar surface area (TPSA) is 52.7 Å². The number of piperidine rings is 1. The molecule has 28 heavy (non-hydrogen) atoms. The van der Waals surface area contributed by atoms with Crippen molar-refractivity contribution in [2.24, 2.45) is 5.92 Å². The third kappa shape index (κ3) is 6.74. The Hall–Kier alpha value is -1.66. The molecule has 1 aromatic carbocycles. The van der Waals surface area contributed by atoms with Gasteiger partial charge in [-0.05, 0) is 62.4 Å². The Morgan fingerprint density at radius 2 is 1.71 bits per heavy atom. The summed E-state index contributed by atoms with van der Waals surface area (Å²) in [6.45, 7) is 4.66. The molecule has 2 saturated heterocycles. The normalized spacial score (nSPS) is 18.3. The second kappa shape index (κ2) is 11.4. The van der Waals surface area contributed by atoms with Crippen LogP contribution in [0.3, 0.4) is 0 Å². The summed E-state index contributed by atoms with van der Waals surface area (Å²) >= 11 is 0. The molecule has 2 fully saturated rings. The van der Waals surface area contributed by atoms with Crippen molar-refractivity contribution in [1.29, 1.82) is 0 Å². The summed E-state index contributed by atoms with van der Waals surface area (Å²) in [6.07, 6.45) is 4.92. The number of nitrogens with zero attached hydrogens (tertiary/aromatic N) is 2. The van der Waals surface area contributed by atoms with Gasteiger partial charge in [-0.25, -0.2) is 4.39 Å². The van der Waals surface area contributed by atoms with Gasteiger partial charge in [0.2, 0.25) is 11.8 Å². The Labute approximate surface area is 173 Å². The molecule has 5 nitrogen and oxygen atoms in total. The molecular weight excluding hydrogens is 381 g/mol. The number of hydrogen-bond acceptors (Lipinski definition) is 3. The van der Waals surface area contributed by atoms with Crippen molar-refractivity contribution in [3.05, 3.63) is 35.6 Å². The Kier molecular flexibility index (Phi) is 9.19. The van der Waals surface area contributed by atoms with Crippen molar-refractivity contribution in [3.63, 3.8) is 0 Å². The van der Waals surface area contributed by atoms with Gasteiger partial charge in [0.25, 0.3) is 0 Å². The number of halogens is 2. The van der Waals surface area contributed by atoms with Crippen LogP contribution in [0.25, 0.3) is 0 Å². The average molecular weight is 412 g/mol. The maximum Gasteiger partial charge on any atom is 0.227 e. The quantitative estimate of drug-likeness (QED) is 0.810. The van der Waals surface area contributed by atoms with Gasteiger partial charge in [-0.3, -0.25) is 9.59 Å². The van der Waals surface area contributed by atoms with Gasteiger partial charge in [-0.1, -0.05) is 12.1 Å². The minimum atomic E-state index is -0.318. The van der Waals surface area contributed by atoms with Crippen LogP contribution in [0, 0.1) is 11.7 Å². The Morgan fingerprint density at radius 1 is 1.04 bits per heavy atom. The van der Waals surface area contributed by atoms with Crippen LogP contribution in [0.15, 0.2) is 24.3 Å². The molecular formula is C21H31ClFN3O2. The van der Waals surface area contributed by atoms with E-state index >= 15 is 0 Å². The molecule has 0 radical (unpaired) electrons. The van der Waals surface area contributed by atoms with Crippen LogP contribution < -0.4 is 5.32 Å². The molecule has 0 spiro atoms. The zero-order valence-electron chi connectivity index (χ0n) is 16.4. The number of carbonyl (C=O) groups is 2. The van der Waals surface area contributed by atoms with Crippen LogP contribution in [0.1, 0.15) is 37.7 Å². The highest BCUT2D eigenvalue weighted by molar-refractivity contribution is 5.85. The average Bonchev–Trinajstić information content (AvgIpc) is 2.93. The van der Waals surface area contributed by atoms with Gasteiger partial charge in [0, 0.05) is 32.6 Å². The van der Waals surface area contributed by atoms with Crippen LogP contribution in [-0.2, 0) is 16.0 Å². The Morgan fingerprint density at radius 3 is 2.39 bits per heavy atom. The molecule has 2 amide bonds. The molecule has 1 aromatic rings. The van der Waals surface area contributed by atoms with E-state index in [4.69, 9.17) is 0 Å². The van der Waals surface area contributed by atoms with E-state index < -0.39 is 0 Å². The number of nitrogens with one attached hydrogen (secondary N) is 1. The van der Waals surface area contributed by atoms with E-state index in [2.05, 4.69) is 5.32 Å². The maximum atomic E-state index is 13.3. The highest BCUT2D eigenvalue weighted by atomic mass is 35.5. The molecule has 0 aliphatic carbocycles. The van der Waals surface area contributed by atoms with Crippen LogP contribution in [0.5, 0.6) is 0 Å². The lowest BCUT2D eigenvalue weighted by molar-refractivity contribution is -0.133. The highest BCUT2D eigenvalue weighted by Gasteiger charge is 2.23. The first-order valence-electron chi connectivity index (χ1n) is 10.1. The summed E-state index contributed by atoms with van der Waals surface area (Å²) in [6, 6.07) is 6.19. The predicted octanol–water partition coefficient (Wildman–Crippen LogP) is 2.63. The monoisotopic (exact) mass is 411 g/mol. The van der Waals surface area contributed by atoms with Crippen molar-refractivity contribution in [1.82, 2.24) is 15.1 Å². The van der Waals surface area contributed by atoms with E-state index in [1.54, 1.807) is 12.1 Å². The molecule has 2 aliphatic rings. The number of carbonyl (C=O) groups excluding carboxylic acids is 2. The molecule has 1 N–H and O–H groups in total. The summed E-state index contributed by atoms with van der Waals surface area (Å²) in [5.41, 5.74) is 0.694. The van der Waals surface area contributed by atoms with Crippen molar-refractivity contribution < 1.29 is 14.0 Å². The zero-order valence-corrected chi connectivity index (χ0v) is 17.2. The summed E-state index contributed by atoms with van der Waals surface area (Å²) in [4.78, 5) is 28.8. The lowest BCUT2D eigenvalue weighted by Crippen LogP contribution is -2.38. The number of amides is 2. The lowest BCUT2D eigenvalue weighted by Gasteiger charge is -2.25. The fourth-order valence-corrected chi connectivity index (χ4v) is 4.01. The smallest absolute Gasteiger partial charge is 0.227 e. The van der Waals surface area contributed by atoms with Gasteiger partial charge < -0.3 is 15.1 Å². The first kappa shape index (κ1) is 22.6. The van der Waals surface area contributed by atoms with E-state index in [-0.39, 0.29) is 36.5 Å². The van der Waals surface area contributed by atoms with Gasteiger partial charge in [-0.15, -0.1) is 12.4 Å². The summed E-state index contributed by atoms with van der Waals surface area (Å²) < 4.78 is 13.3. The minimum Gasteiger partial charge on any atom is -0.341 e. The SMILES string of the molecule is Cl.O=C(CCC1CCNCC1)N1CCCN(C(=O)Cc2cccc(F)c2)CC1. The van der Waals surface area contributed by atoms with Gasteiger partial charge in [0.05, 0.1) is 6.42 Å². The molecule has 0 saturated carbocycles. The number of benzene rings is 1. The summed E-state index contributed by atoms with van der Waals surface area (Å²) in [5, 5.41) is 3.36. The van der Waals surface area contributed by atoms with Crippen LogP contribution in [0.2, 0.25) is 0 Å². The number of hydrogen-bond donors (Lipinski definition) is 1. The maximum absolute atomic E-state index is 13.3. The summed E-state index contributed by atoms with van der Waals surface area (Å²) in [5.74, 6) is 0.561. The third-order valence-corrected chi connectivity index (χ3v) is 5.67. The van der Waals surface area contributed by atoms with Gasteiger partial charge in [-0.2, -0.15) is 0 Å². The number of rotatable bonds is 5. The molecule has 0 unspecified atom stereocenters. The molecule has 156 valence electrons. The van der Waals surface area contributed by atoms with Crippen molar-refractivity contribution >= 4 is 24.2 Å². The molecule has 0 bridgehead atoms. The van der Waals surface area contributed by atoms with Crippen LogP contribution >= 0.6 is 12.4 Å².